The second-order valence-electron chi connectivity index (χ2n) is 6.13. The molecule has 4 nitrogen and oxygen atoms in total. The summed E-state index contributed by atoms with van der Waals surface area (Å²) >= 11 is 1.64. The number of hydrogen-bond donors (Lipinski definition) is 2. The maximum Gasteiger partial charge on any atom is 0.251 e. The van der Waals surface area contributed by atoms with Gasteiger partial charge in [0.1, 0.15) is 0 Å². The number of benzene rings is 1. The fourth-order valence-corrected chi connectivity index (χ4v) is 3.44. The minimum Gasteiger partial charge on any atom is -0.352 e. The molecule has 1 aromatic heterocycles. The smallest absolute Gasteiger partial charge is 0.251 e. The van der Waals surface area contributed by atoms with Crippen molar-refractivity contribution in [3.8, 4) is 0 Å². The molecule has 0 spiro atoms. The second kappa shape index (κ2) is 8.64. The number of amides is 2. The normalized spacial score (nSPS) is 12.0. The first kappa shape index (κ1) is 18.2. The maximum absolute atomic E-state index is 12.2. The van der Waals surface area contributed by atoms with E-state index in [1.807, 2.05) is 42.6 Å². The van der Waals surface area contributed by atoms with E-state index in [9.17, 15) is 9.59 Å². The lowest BCUT2D eigenvalue weighted by Gasteiger charge is -2.21. The van der Waals surface area contributed by atoms with E-state index in [1.54, 1.807) is 17.4 Å². The molecule has 0 bridgehead atoms. The first-order valence-electron chi connectivity index (χ1n) is 8.15. The molecular weight excluding hydrogens is 320 g/mol. The first-order chi connectivity index (χ1) is 11.5. The fraction of sp³-hybridized carbons (Fsp3) is 0.368. The molecule has 0 aliphatic rings. The molecule has 1 heterocycles. The van der Waals surface area contributed by atoms with Gasteiger partial charge < -0.3 is 10.6 Å². The van der Waals surface area contributed by atoms with Crippen LogP contribution in [0.1, 0.15) is 47.1 Å². The van der Waals surface area contributed by atoms with E-state index in [0.717, 1.165) is 10.4 Å². The maximum atomic E-state index is 12.2. The number of carbonyl (C=O) groups excluding carboxylic acids is 2. The summed E-state index contributed by atoms with van der Waals surface area (Å²) in [4.78, 5) is 25.5. The highest BCUT2D eigenvalue weighted by Crippen LogP contribution is 2.25. The molecular formula is C19H24N2O2S. The van der Waals surface area contributed by atoms with Gasteiger partial charge >= 0.3 is 0 Å². The Bertz CT molecular complexity index is 680. The molecule has 2 amide bonds. The van der Waals surface area contributed by atoms with Crippen molar-refractivity contribution in [3.63, 3.8) is 0 Å². The highest BCUT2D eigenvalue weighted by molar-refractivity contribution is 7.10. The van der Waals surface area contributed by atoms with Crippen molar-refractivity contribution in [2.45, 2.75) is 33.2 Å². The monoisotopic (exact) mass is 344 g/mol. The van der Waals surface area contributed by atoms with Gasteiger partial charge in [0.05, 0.1) is 6.04 Å². The van der Waals surface area contributed by atoms with Gasteiger partial charge in [0.2, 0.25) is 5.91 Å². The van der Waals surface area contributed by atoms with E-state index in [0.29, 0.717) is 18.0 Å². The summed E-state index contributed by atoms with van der Waals surface area (Å²) in [5.41, 5.74) is 1.58. The summed E-state index contributed by atoms with van der Waals surface area (Å²) in [7, 11) is 0. The Morgan fingerprint density at radius 3 is 2.50 bits per heavy atom. The van der Waals surface area contributed by atoms with Crippen LogP contribution in [0, 0.1) is 12.8 Å². The standard InChI is InChI=1S/C19H24N2O2S/c1-13(2)18(16-9-6-12-24-16)21-17(22)10-11-20-19(23)15-8-5-4-7-14(15)3/h4-9,12-13,18H,10-11H2,1-3H3,(H,20,23)(H,21,22)/t18-/m1/s1. The lowest BCUT2D eigenvalue weighted by Crippen LogP contribution is -2.34. The highest BCUT2D eigenvalue weighted by Gasteiger charge is 2.19. The molecule has 2 rings (SSSR count). The average Bonchev–Trinajstić information content (AvgIpc) is 3.06. The third kappa shape index (κ3) is 4.93. The van der Waals surface area contributed by atoms with Crippen molar-refractivity contribution in [2.24, 2.45) is 5.92 Å². The summed E-state index contributed by atoms with van der Waals surface area (Å²) in [6, 6.07) is 11.5. The predicted octanol–water partition coefficient (Wildman–Crippen LogP) is 3.69. The largest absolute Gasteiger partial charge is 0.352 e. The fourth-order valence-electron chi connectivity index (χ4n) is 2.49. The van der Waals surface area contributed by atoms with E-state index in [1.165, 1.54) is 0 Å². The summed E-state index contributed by atoms with van der Waals surface area (Å²) in [5, 5.41) is 7.89. The zero-order valence-electron chi connectivity index (χ0n) is 14.3. The van der Waals surface area contributed by atoms with Gasteiger partial charge in [-0.1, -0.05) is 38.1 Å². The zero-order chi connectivity index (χ0) is 17.5. The third-order valence-electron chi connectivity index (χ3n) is 3.86. The Kier molecular flexibility index (Phi) is 6.55. The predicted molar refractivity (Wildman–Crippen MR) is 98.2 cm³/mol. The second-order valence-corrected chi connectivity index (χ2v) is 7.10. The average molecular weight is 344 g/mol. The molecule has 1 aromatic carbocycles. The van der Waals surface area contributed by atoms with Crippen molar-refractivity contribution in [2.75, 3.05) is 6.54 Å². The molecule has 1 atom stereocenters. The summed E-state index contributed by atoms with van der Waals surface area (Å²) < 4.78 is 0. The SMILES string of the molecule is Cc1ccccc1C(=O)NCCC(=O)N[C@@H](c1cccs1)C(C)C. The molecule has 0 aliphatic carbocycles. The van der Waals surface area contributed by atoms with Gasteiger partial charge in [0.25, 0.3) is 5.91 Å². The summed E-state index contributed by atoms with van der Waals surface area (Å²) in [6.45, 7) is 6.40. The van der Waals surface area contributed by atoms with Crippen LogP contribution in [0.25, 0.3) is 0 Å². The Morgan fingerprint density at radius 1 is 1.12 bits per heavy atom. The molecule has 2 aromatic rings. The molecule has 0 radical (unpaired) electrons. The van der Waals surface area contributed by atoms with Gasteiger partial charge in [-0.05, 0) is 35.9 Å². The molecule has 0 saturated heterocycles. The molecule has 0 fully saturated rings. The topological polar surface area (TPSA) is 58.2 Å². The van der Waals surface area contributed by atoms with Crippen LogP contribution in [0.15, 0.2) is 41.8 Å². The van der Waals surface area contributed by atoms with Gasteiger partial charge in [-0.15, -0.1) is 11.3 Å². The number of aryl methyl sites for hydroxylation is 1. The van der Waals surface area contributed by atoms with E-state index in [-0.39, 0.29) is 24.3 Å². The zero-order valence-corrected chi connectivity index (χ0v) is 15.2. The number of thiophene rings is 1. The quantitative estimate of drug-likeness (QED) is 0.805. The highest BCUT2D eigenvalue weighted by atomic mass is 32.1. The van der Waals surface area contributed by atoms with Gasteiger partial charge in [0.15, 0.2) is 0 Å². The van der Waals surface area contributed by atoms with Gasteiger partial charge in [-0.2, -0.15) is 0 Å². The van der Waals surface area contributed by atoms with E-state index in [4.69, 9.17) is 0 Å². The number of carbonyl (C=O) groups is 2. The molecule has 0 saturated carbocycles. The van der Waals surface area contributed by atoms with Crippen molar-refractivity contribution in [1.29, 1.82) is 0 Å². The van der Waals surface area contributed by atoms with Crippen LogP contribution >= 0.6 is 11.3 Å². The minimum absolute atomic E-state index is 0.0181. The van der Waals surface area contributed by atoms with Crippen LogP contribution in [0.2, 0.25) is 0 Å². The Balaban J connectivity index is 1.83. The lowest BCUT2D eigenvalue weighted by molar-refractivity contribution is -0.122. The Morgan fingerprint density at radius 2 is 1.88 bits per heavy atom. The van der Waals surface area contributed by atoms with Gasteiger partial charge in [0, 0.05) is 23.4 Å². The van der Waals surface area contributed by atoms with E-state index in [2.05, 4.69) is 24.5 Å². The summed E-state index contributed by atoms with van der Waals surface area (Å²) in [6.07, 6.45) is 0.270. The van der Waals surface area contributed by atoms with Crippen molar-refractivity contribution >= 4 is 23.2 Å². The van der Waals surface area contributed by atoms with E-state index >= 15 is 0 Å². The van der Waals surface area contributed by atoms with Gasteiger partial charge in [-0.25, -0.2) is 0 Å². The van der Waals surface area contributed by atoms with Crippen molar-refractivity contribution in [1.82, 2.24) is 10.6 Å². The number of rotatable bonds is 7. The van der Waals surface area contributed by atoms with Crippen LogP contribution in [-0.2, 0) is 4.79 Å². The molecule has 2 N–H and O–H groups in total. The van der Waals surface area contributed by atoms with Gasteiger partial charge in [-0.3, -0.25) is 9.59 Å². The van der Waals surface area contributed by atoms with E-state index < -0.39 is 0 Å². The minimum atomic E-state index is -0.139. The molecule has 0 unspecified atom stereocenters. The molecule has 128 valence electrons. The first-order valence-corrected chi connectivity index (χ1v) is 9.03. The van der Waals surface area contributed by atoms with Crippen LogP contribution in [0.3, 0.4) is 0 Å². The number of hydrogen-bond acceptors (Lipinski definition) is 3. The number of nitrogens with one attached hydrogen (secondary N) is 2. The van der Waals surface area contributed by atoms with Crippen molar-refractivity contribution < 1.29 is 9.59 Å². The molecule has 5 heteroatoms. The van der Waals surface area contributed by atoms with Crippen LogP contribution in [-0.4, -0.2) is 18.4 Å². The lowest BCUT2D eigenvalue weighted by atomic mass is 10.0. The van der Waals surface area contributed by atoms with Crippen LogP contribution in [0.4, 0.5) is 0 Å². The Hall–Kier alpha value is -2.14. The van der Waals surface area contributed by atoms with Crippen LogP contribution in [0.5, 0.6) is 0 Å². The van der Waals surface area contributed by atoms with Crippen molar-refractivity contribution in [3.05, 3.63) is 57.8 Å². The third-order valence-corrected chi connectivity index (χ3v) is 4.82. The summed E-state index contributed by atoms with van der Waals surface area (Å²) in [5.74, 6) is 0.126. The Labute approximate surface area is 147 Å². The molecule has 0 aliphatic heterocycles. The van der Waals surface area contributed by atoms with Crippen LogP contribution < -0.4 is 10.6 Å². The molecule has 24 heavy (non-hydrogen) atoms.